The standard InChI is InChI=1S/C48H92NO10P/c1-3-5-7-9-11-13-15-17-18-19-20-21-22-23-24-25-26-28-29-31-33-35-37-39-46(50)56-41-44(42-57-60(54,55)58-43-45(49)48(52)53)59-47(51)40-38-36-34-32-30-27-16-14-12-10-8-6-4-2/h14,16,44-45H,3-13,15,17-43,49H2,1-2H3,(H,52,53)(H,54,55)/b16-14-. The number of hydrogen-bond acceptors (Lipinski definition) is 9. The van der Waals surface area contributed by atoms with Gasteiger partial charge in [0.25, 0.3) is 0 Å². The lowest BCUT2D eigenvalue weighted by molar-refractivity contribution is -0.161. The van der Waals surface area contributed by atoms with Crippen LogP contribution in [-0.2, 0) is 37.5 Å². The Morgan fingerprint density at radius 3 is 1.23 bits per heavy atom. The Kier molecular flexibility index (Phi) is 42.6. The average Bonchev–Trinajstić information content (AvgIpc) is 3.22. The monoisotopic (exact) mass is 874 g/mol. The largest absolute Gasteiger partial charge is 0.480 e. The maximum Gasteiger partial charge on any atom is 0.472 e. The zero-order valence-corrected chi connectivity index (χ0v) is 39.5. The van der Waals surface area contributed by atoms with E-state index in [1.54, 1.807) is 0 Å². The van der Waals surface area contributed by atoms with Crippen LogP contribution < -0.4 is 5.73 Å². The quantitative estimate of drug-likeness (QED) is 0.0230. The third kappa shape index (κ3) is 42.9. The van der Waals surface area contributed by atoms with Gasteiger partial charge in [-0.15, -0.1) is 0 Å². The Labute approximate surface area is 367 Å². The van der Waals surface area contributed by atoms with Crippen molar-refractivity contribution in [2.75, 3.05) is 19.8 Å². The molecule has 0 aromatic heterocycles. The van der Waals surface area contributed by atoms with Crippen LogP contribution in [0.5, 0.6) is 0 Å². The minimum Gasteiger partial charge on any atom is -0.480 e. The molecule has 0 rings (SSSR count). The topological polar surface area (TPSA) is 172 Å². The molecule has 0 radical (unpaired) electrons. The first-order valence-electron chi connectivity index (χ1n) is 24.7. The van der Waals surface area contributed by atoms with E-state index in [1.807, 2.05) is 0 Å². The van der Waals surface area contributed by atoms with Crippen LogP contribution in [0.15, 0.2) is 12.2 Å². The van der Waals surface area contributed by atoms with Crippen LogP contribution in [0.2, 0.25) is 0 Å². The number of rotatable bonds is 47. The Balaban J connectivity index is 4.16. The van der Waals surface area contributed by atoms with Gasteiger partial charge in [-0.25, -0.2) is 4.57 Å². The Bertz CT molecular complexity index is 1070. The molecule has 0 fully saturated rings. The number of carbonyl (C=O) groups excluding carboxylic acids is 2. The molecule has 3 atom stereocenters. The van der Waals surface area contributed by atoms with Gasteiger partial charge in [0.05, 0.1) is 13.2 Å². The van der Waals surface area contributed by atoms with Gasteiger partial charge in [-0.05, 0) is 38.5 Å². The summed E-state index contributed by atoms with van der Waals surface area (Å²) in [5.74, 6) is -2.37. The molecule has 12 heteroatoms. The molecule has 0 spiro atoms. The lowest BCUT2D eigenvalue weighted by atomic mass is 10.0. The predicted octanol–water partition coefficient (Wildman–Crippen LogP) is 13.6. The van der Waals surface area contributed by atoms with Gasteiger partial charge in [0.2, 0.25) is 0 Å². The zero-order valence-electron chi connectivity index (χ0n) is 38.6. The van der Waals surface area contributed by atoms with E-state index in [9.17, 15) is 23.8 Å². The van der Waals surface area contributed by atoms with Crippen LogP contribution in [0.25, 0.3) is 0 Å². The highest BCUT2D eigenvalue weighted by Gasteiger charge is 2.28. The van der Waals surface area contributed by atoms with Crippen molar-refractivity contribution in [1.29, 1.82) is 0 Å². The van der Waals surface area contributed by atoms with Crippen molar-refractivity contribution in [3.63, 3.8) is 0 Å². The third-order valence-corrected chi connectivity index (χ3v) is 12.0. The Morgan fingerprint density at radius 1 is 0.500 bits per heavy atom. The molecule has 0 aliphatic carbocycles. The van der Waals surface area contributed by atoms with E-state index in [0.717, 1.165) is 57.8 Å². The van der Waals surface area contributed by atoms with Gasteiger partial charge in [-0.2, -0.15) is 0 Å². The van der Waals surface area contributed by atoms with Gasteiger partial charge >= 0.3 is 25.7 Å². The number of allylic oxidation sites excluding steroid dienone is 2. The molecule has 0 saturated carbocycles. The fourth-order valence-corrected chi connectivity index (χ4v) is 7.90. The van der Waals surface area contributed by atoms with Crippen molar-refractivity contribution < 1.29 is 47.5 Å². The number of ether oxygens (including phenoxy) is 2. The van der Waals surface area contributed by atoms with E-state index in [0.29, 0.717) is 12.8 Å². The highest BCUT2D eigenvalue weighted by molar-refractivity contribution is 7.47. The lowest BCUT2D eigenvalue weighted by Gasteiger charge is -2.20. The molecule has 0 aromatic carbocycles. The number of nitrogens with two attached hydrogens (primary N) is 1. The first-order valence-corrected chi connectivity index (χ1v) is 26.2. The lowest BCUT2D eigenvalue weighted by Crippen LogP contribution is -2.34. The van der Waals surface area contributed by atoms with E-state index >= 15 is 0 Å². The summed E-state index contributed by atoms with van der Waals surface area (Å²) in [4.78, 5) is 46.0. The SMILES string of the molecule is CCCCCC/C=C\CCCCCCCC(=O)OC(COC(=O)CCCCCCCCCCCCCCCCCCCCCCCCC)COP(=O)(O)OCC(N)C(=O)O. The molecular formula is C48H92NO10P. The molecular weight excluding hydrogens is 781 g/mol. The molecule has 0 aliphatic rings. The van der Waals surface area contributed by atoms with Crippen molar-refractivity contribution in [2.45, 2.75) is 257 Å². The first-order chi connectivity index (χ1) is 29.1. The van der Waals surface area contributed by atoms with Crippen LogP contribution in [0.1, 0.15) is 245 Å². The number of phosphoric acid groups is 1. The van der Waals surface area contributed by atoms with Crippen LogP contribution in [0.4, 0.5) is 0 Å². The van der Waals surface area contributed by atoms with Crippen molar-refractivity contribution in [2.24, 2.45) is 5.73 Å². The van der Waals surface area contributed by atoms with Crippen LogP contribution >= 0.6 is 7.82 Å². The predicted molar refractivity (Wildman–Crippen MR) is 245 cm³/mol. The summed E-state index contributed by atoms with van der Waals surface area (Å²) in [5.41, 5.74) is 5.34. The van der Waals surface area contributed by atoms with E-state index < -0.39 is 51.1 Å². The molecule has 4 N–H and O–H groups in total. The minimum atomic E-state index is -4.71. The fraction of sp³-hybridized carbons (Fsp3) is 0.896. The molecule has 60 heavy (non-hydrogen) atoms. The minimum absolute atomic E-state index is 0.155. The number of unbranched alkanes of at least 4 members (excludes halogenated alkanes) is 31. The number of carbonyl (C=O) groups is 3. The van der Waals surface area contributed by atoms with Crippen LogP contribution in [-0.4, -0.2) is 59.9 Å². The van der Waals surface area contributed by atoms with Crippen molar-refractivity contribution in [3.8, 4) is 0 Å². The zero-order chi connectivity index (χ0) is 44.2. The summed E-state index contributed by atoms with van der Waals surface area (Å²) in [6.45, 7) is 2.82. The second-order valence-corrected chi connectivity index (χ2v) is 18.4. The maximum absolute atomic E-state index is 12.6. The fourth-order valence-electron chi connectivity index (χ4n) is 7.12. The van der Waals surface area contributed by atoms with E-state index in [-0.39, 0.29) is 19.4 Å². The second-order valence-electron chi connectivity index (χ2n) is 17.0. The summed E-state index contributed by atoms with van der Waals surface area (Å²) in [5, 5.41) is 8.90. The van der Waals surface area contributed by atoms with E-state index in [1.165, 1.54) is 148 Å². The molecule has 11 nitrogen and oxygen atoms in total. The molecule has 0 heterocycles. The van der Waals surface area contributed by atoms with Gasteiger partial charge in [0.1, 0.15) is 12.6 Å². The molecule has 3 unspecified atom stereocenters. The summed E-state index contributed by atoms with van der Waals surface area (Å²) in [7, 11) is -4.71. The smallest absolute Gasteiger partial charge is 0.472 e. The maximum atomic E-state index is 12.6. The summed E-state index contributed by atoms with van der Waals surface area (Å²) < 4.78 is 32.8. The van der Waals surface area contributed by atoms with Gasteiger partial charge in [0.15, 0.2) is 6.10 Å². The van der Waals surface area contributed by atoms with Gasteiger partial charge in [-0.3, -0.25) is 23.4 Å². The molecule has 0 saturated heterocycles. The van der Waals surface area contributed by atoms with Crippen molar-refractivity contribution in [1.82, 2.24) is 0 Å². The highest BCUT2D eigenvalue weighted by Crippen LogP contribution is 2.43. The van der Waals surface area contributed by atoms with Gasteiger partial charge in [-0.1, -0.05) is 206 Å². The van der Waals surface area contributed by atoms with Crippen molar-refractivity contribution in [3.05, 3.63) is 12.2 Å². The van der Waals surface area contributed by atoms with E-state index in [4.69, 9.17) is 24.8 Å². The second kappa shape index (κ2) is 43.9. The highest BCUT2D eigenvalue weighted by atomic mass is 31.2. The van der Waals surface area contributed by atoms with Gasteiger partial charge in [0, 0.05) is 12.8 Å². The Hall–Kier alpha value is -1.78. The number of phosphoric ester groups is 1. The summed E-state index contributed by atoms with van der Waals surface area (Å²) in [6.07, 6.45) is 45.7. The number of esters is 2. The normalized spacial score (nSPS) is 13.7. The molecule has 354 valence electrons. The third-order valence-electron chi connectivity index (χ3n) is 11.0. The van der Waals surface area contributed by atoms with Crippen LogP contribution in [0.3, 0.4) is 0 Å². The van der Waals surface area contributed by atoms with E-state index in [2.05, 4.69) is 30.5 Å². The summed E-state index contributed by atoms with van der Waals surface area (Å²) in [6, 6.07) is -1.52. The number of carboxylic acid groups (broad SMARTS) is 1. The number of hydrogen-bond donors (Lipinski definition) is 3. The summed E-state index contributed by atoms with van der Waals surface area (Å²) >= 11 is 0. The number of carboxylic acids is 1. The number of aliphatic carboxylic acids is 1. The van der Waals surface area contributed by atoms with Crippen LogP contribution in [0, 0.1) is 0 Å². The van der Waals surface area contributed by atoms with Gasteiger partial charge < -0.3 is 25.2 Å². The first kappa shape index (κ1) is 58.2. The molecule has 0 amide bonds. The molecule has 0 bridgehead atoms. The van der Waals surface area contributed by atoms with Crippen molar-refractivity contribution >= 4 is 25.7 Å². The Morgan fingerprint density at radius 2 is 0.833 bits per heavy atom. The molecule has 0 aromatic rings. The average molecular weight is 874 g/mol. The molecule has 0 aliphatic heterocycles.